The van der Waals surface area contributed by atoms with Gasteiger partial charge in [0.2, 0.25) is 10.0 Å². The van der Waals surface area contributed by atoms with Gasteiger partial charge < -0.3 is 0 Å². The van der Waals surface area contributed by atoms with E-state index >= 15 is 0 Å². The van der Waals surface area contributed by atoms with Crippen LogP contribution in [0.5, 0.6) is 0 Å². The fourth-order valence-corrected chi connectivity index (χ4v) is 4.83. The van der Waals surface area contributed by atoms with Gasteiger partial charge in [-0.1, -0.05) is 0 Å². The molecular formula is C15H15FN2O4S2. The van der Waals surface area contributed by atoms with E-state index in [1.165, 1.54) is 41.6 Å². The molecule has 24 heavy (non-hydrogen) atoms. The molecule has 0 aliphatic carbocycles. The lowest BCUT2D eigenvalue weighted by molar-refractivity contribution is 0.590. The summed E-state index contributed by atoms with van der Waals surface area (Å²) >= 11 is 0. The average molecular weight is 370 g/mol. The minimum Gasteiger partial charge on any atom is -0.266 e. The number of hydrogen-bond acceptors (Lipinski definition) is 4. The maximum Gasteiger partial charge on any atom is 0.264 e. The van der Waals surface area contributed by atoms with Crippen molar-refractivity contribution in [1.82, 2.24) is 0 Å². The predicted molar refractivity (Wildman–Crippen MR) is 87.2 cm³/mol. The van der Waals surface area contributed by atoms with Crippen molar-refractivity contribution in [2.45, 2.75) is 23.1 Å². The second kappa shape index (κ2) is 5.54. The number of nitrogens with zero attached hydrogens (tertiary/aromatic N) is 1. The molecule has 1 aliphatic rings. The Hall–Kier alpha value is -1.97. The van der Waals surface area contributed by atoms with Crippen molar-refractivity contribution in [3.05, 3.63) is 53.3 Å². The molecule has 9 heteroatoms. The van der Waals surface area contributed by atoms with Crippen LogP contribution in [-0.2, 0) is 26.5 Å². The molecule has 0 spiro atoms. The molecule has 128 valence electrons. The molecule has 0 aromatic heterocycles. The number of anilines is 1. The molecule has 0 bridgehead atoms. The highest BCUT2D eigenvalue weighted by atomic mass is 32.2. The van der Waals surface area contributed by atoms with Gasteiger partial charge >= 0.3 is 0 Å². The lowest BCUT2D eigenvalue weighted by Gasteiger charge is -2.20. The van der Waals surface area contributed by atoms with Crippen LogP contribution in [-0.4, -0.2) is 23.4 Å². The third-order valence-corrected chi connectivity index (χ3v) is 6.67. The van der Waals surface area contributed by atoms with Crippen molar-refractivity contribution in [3.63, 3.8) is 0 Å². The zero-order valence-corrected chi connectivity index (χ0v) is 14.4. The van der Waals surface area contributed by atoms with Crippen LogP contribution in [0.3, 0.4) is 0 Å². The topological polar surface area (TPSA) is 97.5 Å². The summed E-state index contributed by atoms with van der Waals surface area (Å²) in [5, 5.41) is 5.10. The number of nitrogens with two attached hydrogens (primary N) is 1. The van der Waals surface area contributed by atoms with Crippen molar-refractivity contribution in [1.29, 1.82) is 0 Å². The van der Waals surface area contributed by atoms with E-state index in [9.17, 15) is 21.2 Å². The van der Waals surface area contributed by atoms with Crippen LogP contribution in [0.2, 0.25) is 0 Å². The van der Waals surface area contributed by atoms with Crippen molar-refractivity contribution in [3.8, 4) is 0 Å². The highest BCUT2D eigenvalue weighted by Crippen LogP contribution is 2.34. The summed E-state index contributed by atoms with van der Waals surface area (Å²) in [7, 11) is -7.70. The van der Waals surface area contributed by atoms with Crippen molar-refractivity contribution in [2.75, 3.05) is 10.8 Å². The minimum absolute atomic E-state index is 0.00947. The lowest BCUT2D eigenvalue weighted by Crippen LogP contribution is -2.29. The maximum absolute atomic E-state index is 13.4. The van der Waals surface area contributed by atoms with Gasteiger partial charge in [-0.25, -0.2) is 26.4 Å². The van der Waals surface area contributed by atoms with Gasteiger partial charge in [-0.15, -0.1) is 0 Å². The Labute approximate surface area is 139 Å². The van der Waals surface area contributed by atoms with E-state index in [1.54, 1.807) is 0 Å². The van der Waals surface area contributed by atoms with E-state index < -0.39 is 25.9 Å². The summed E-state index contributed by atoms with van der Waals surface area (Å²) in [6.45, 7) is 1.67. The first-order valence-corrected chi connectivity index (χ1v) is 10.0. The van der Waals surface area contributed by atoms with E-state index in [4.69, 9.17) is 5.14 Å². The fourth-order valence-electron chi connectivity index (χ4n) is 2.68. The normalized spacial score (nSPS) is 14.7. The molecule has 0 fully saturated rings. The van der Waals surface area contributed by atoms with Crippen LogP contribution in [0.15, 0.2) is 46.2 Å². The van der Waals surface area contributed by atoms with Crippen LogP contribution < -0.4 is 9.44 Å². The molecule has 6 nitrogen and oxygen atoms in total. The second-order valence-electron chi connectivity index (χ2n) is 5.57. The average Bonchev–Trinajstić information content (AvgIpc) is 2.92. The molecular weight excluding hydrogens is 355 g/mol. The molecule has 0 saturated heterocycles. The fraction of sp³-hybridized carbons (Fsp3) is 0.200. The quantitative estimate of drug-likeness (QED) is 0.886. The lowest BCUT2D eigenvalue weighted by atomic mass is 10.2. The van der Waals surface area contributed by atoms with Crippen molar-refractivity contribution < 1.29 is 21.2 Å². The first-order valence-electron chi connectivity index (χ1n) is 7.05. The molecule has 2 aromatic carbocycles. The monoisotopic (exact) mass is 370 g/mol. The van der Waals surface area contributed by atoms with Gasteiger partial charge in [0.25, 0.3) is 10.0 Å². The molecule has 0 radical (unpaired) electrons. The molecule has 2 N–H and O–H groups in total. The van der Waals surface area contributed by atoms with E-state index in [-0.39, 0.29) is 21.9 Å². The predicted octanol–water partition coefficient (Wildman–Crippen LogP) is 1.53. The van der Waals surface area contributed by atoms with Gasteiger partial charge in [-0.05, 0) is 60.9 Å². The number of primary sulfonamides is 1. The van der Waals surface area contributed by atoms with E-state index in [1.807, 2.05) is 0 Å². The first kappa shape index (κ1) is 16.9. The number of aryl methyl sites for hydroxylation is 1. The summed E-state index contributed by atoms with van der Waals surface area (Å²) in [5.41, 5.74) is 1.23. The van der Waals surface area contributed by atoms with Crippen LogP contribution >= 0.6 is 0 Å². The molecule has 0 amide bonds. The van der Waals surface area contributed by atoms with Gasteiger partial charge in [0.05, 0.1) is 15.5 Å². The zero-order valence-electron chi connectivity index (χ0n) is 12.7. The van der Waals surface area contributed by atoms with Gasteiger partial charge in [-0.3, -0.25) is 4.31 Å². The largest absolute Gasteiger partial charge is 0.266 e. The minimum atomic E-state index is -3.85. The number of benzene rings is 2. The molecule has 3 rings (SSSR count). The van der Waals surface area contributed by atoms with Crippen molar-refractivity contribution >= 4 is 25.7 Å². The third-order valence-electron chi connectivity index (χ3n) is 3.95. The van der Waals surface area contributed by atoms with E-state index in [0.29, 0.717) is 17.7 Å². The van der Waals surface area contributed by atoms with Crippen LogP contribution in [0, 0.1) is 12.7 Å². The Kier molecular flexibility index (Phi) is 3.89. The Balaban J connectivity index is 2.06. The summed E-state index contributed by atoms with van der Waals surface area (Å²) in [5.74, 6) is -0.478. The molecule has 0 unspecified atom stereocenters. The number of sulfonamides is 2. The highest BCUT2D eigenvalue weighted by Gasteiger charge is 2.31. The number of fused-ring (bicyclic) bond motifs is 1. The first-order chi connectivity index (χ1) is 11.1. The van der Waals surface area contributed by atoms with Gasteiger partial charge in [0, 0.05) is 6.54 Å². The van der Waals surface area contributed by atoms with Crippen LogP contribution in [0.25, 0.3) is 0 Å². The molecule has 1 aliphatic heterocycles. The molecule has 1 heterocycles. The van der Waals surface area contributed by atoms with Gasteiger partial charge in [0.1, 0.15) is 5.82 Å². The molecule has 0 atom stereocenters. The summed E-state index contributed by atoms with van der Waals surface area (Å²) < 4.78 is 63.0. The maximum atomic E-state index is 13.4. The number of rotatable bonds is 3. The van der Waals surface area contributed by atoms with Crippen LogP contribution in [0.4, 0.5) is 10.1 Å². The Morgan fingerprint density at radius 3 is 2.33 bits per heavy atom. The van der Waals surface area contributed by atoms with E-state index in [2.05, 4.69) is 0 Å². The highest BCUT2D eigenvalue weighted by molar-refractivity contribution is 7.92. The molecule has 0 saturated carbocycles. The number of hydrogen-bond donors (Lipinski definition) is 1. The summed E-state index contributed by atoms with van der Waals surface area (Å²) in [4.78, 5) is -0.0668. The third kappa shape index (κ3) is 2.79. The SMILES string of the molecule is Cc1cc(S(=O)(=O)N2CCc3cc(S(N)(=O)=O)ccc32)ccc1F. The Morgan fingerprint density at radius 2 is 1.71 bits per heavy atom. The van der Waals surface area contributed by atoms with Crippen molar-refractivity contribution in [2.24, 2.45) is 5.14 Å². The standard InChI is InChI=1S/C15H15FN2O4S2/c1-10-8-13(2-4-14(10)16)24(21,22)18-7-6-11-9-12(23(17,19)20)3-5-15(11)18/h2-5,8-9H,6-7H2,1H3,(H2,17,19,20). The molecule has 2 aromatic rings. The zero-order chi connectivity index (χ0) is 17.7. The second-order valence-corrected chi connectivity index (χ2v) is 9.00. The smallest absolute Gasteiger partial charge is 0.264 e. The van der Waals surface area contributed by atoms with Crippen LogP contribution in [0.1, 0.15) is 11.1 Å². The summed E-state index contributed by atoms with van der Waals surface area (Å²) in [6.07, 6.45) is 0.373. The summed E-state index contributed by atoms with van der Waals surface area (Å²) in [6, 6.07) is 7.70. The van der Waals surface area contributed by atoms with E-state index in [0.717, 1.165) is 6.07 Å². The van der Waals surface area contributed by atoms with Gasteiger partial charge in [0.15, 0.2) is 0 Å². The Bertz CT molecular complexity index is 1030. The van der Waals surface area contributed by atoms with Gasteiger partial charge in [-0.2, -0.15) is 0 Å². The Morgan fingerprint density at radius 1 is 1.04 bits per heavy atom. The number of halogens is 1.